The van der Waals surface area contributed by atoms with Gasteiger partial charge in [0, 0.05) is 13.6 Å². The number of nitrogens with one attached hydrogen (secondary N) is 1. The zero-order valence-electron chi connectivity index (χ0n) is 9.36. The third-order valence-corrected chi connectivity index (χ3v) is 1.99. The molecule has 1 rings (SSSR count). The van der Waals surface area contributed by atoms with Gasteiger partial charge < -0.3 is 10.6 Å². The molecule has 0 spiro atoms. The number of hydrogen-bond acceptors (Lipinski definition) is 4. The number of rotatable bonds is 4. The van der Waals surface area contributed by atoms with Crippen LogP contribution in [0.1, 0.15) is 19.4 Å². The van der Waals surface area contributed by atoms with Gasteiger partial charge >= 0.3 is 0 Å². The van der Waals surface area contributed by atoms with E-state index in [4.69, 9.17) is 11.1 Å². The standard InChI is InChI=1S/C10H17N5/c1-7(2)6-15(3)10-8(9(11)12)4-5-13-14-10/h4-5,7H,6H2,1-3H3,(H3,11,12). The maximum absolute atomic E-state index is 7.44. The Morgan fingerprint density at radius 1 is 1.60 bits per heavy atom. The fraction of sp³-hybridized carbons (Fsp3) is 0.500. The fourth-order valence-corrected chi connectivity index (χ4v) is 1.45. The molecule has 0 aromatic carbocycles. The number of hydrogen-bond donors (Lipinski definition) is 2. The molecule has 5 nitrogen and oxygen atoms in total. The summed E-state index contributed by atoms with van der Waals surface area (Å²) < 4.78 is 0. The number of nitrogens with two attached hydrogens (primary N) is 1. The average Bonchev–Trinajstić information content (AvgIpc) is 2.16. The summed E-state index contributed by atoms with van der Waals surface area (Å²) in [5.41, 5.74) is 6.10. The van der Waals surface area contributed by atoms with Crippen molar-refractivity contribution < 1.29 is 0 Å². The summed E-state index contributed by atoms with van der Waals surface area (Å²) in [4.78, 5) is 1.97. The van der Waals surface area contributed by atoms with Crippen molar-refractivity contribution in [2.75, 3.05) is 18.5 Å². The minimum atomic E-state index is 0.0236. The first-order chi connectivity index (χ1) is 7.02. The van der Waals surface area contributed by atoms with Gasteiger partial charge in [0.2, 0.25) is 0 Å². The van der Waals surface area contributed by atoms with E-state index >= 15 is 0 Å². The van der Waals surface area contributed by atoms with Crippen molar-refractivity contribution in [3.8, 4) is 0 Å². The zero-order chi connectivity index (χ0) is 11.4. The molecule has 0 aliphatic heterocycles. The maximum atomic E-state index is 7.44. The van der Waals surface area contributed by atoms with Crippen LogP contribution in [-0.2, 0) is 0 Å². The van der Waals surface area contributed by atoms with E-state index in [0.29, 0.717) is 17.3 Å². The molecule has 1 aromatic heterocycles. The minimum absolute atomic E-state index is 0.0236. The summed E-state index contributed by atoms with van der Waals surface area (Å²) in [6.45, 7) is 5.11. The van der Waals surface area contributed by atoms with Crippen LogP contribution in [0.5, 0.6) is 0 Å². The zero-order valence-corrected chi connectivity index (χ0v) is 9.36. The van der Waals surface area contributed by atoms with Gasteiger partial charge in [-0.25, -0.2) is 0 Å². The Kier molecular flexibility index (Phi) is 3.60. The Morgan fingerprint density at radius 2 is 2.27 bits per heavy atom. The highest BCUT2D eigenvalue weighted by Crippen LogP contribution is 2.14. The topological polar surface area (TPSA) is 78.9 Å². The van der Waals surface area contributed by atoms with Crippen LogP contribution in [-0.4, -0.2) is 29.6 Å². The Labute approximate surface area is 89.8 Å². The molecule has 82 valence electrons. The van der Waals surface area contributed by atoms with Crippen LogP contribution in [0.4, 0.5) is 5.82 Å². The molecule has 5 heteroatoms. The first-order valence-corrected chi connectivity index (χ1v) is 4.89. The lowest BCUT2D eigenvalue weighted by Crippen LogP contribution is -2.27. The van der Waals surface area contributed by atoms with Crippen molar-refractivity contribution in [1.29, 1.82) is 5.41 Å². The molecule has 0 atom stereocenters. The molecule has 1 aromatic rings. The van der Waals surface area contributed by atoms with Crippen LogP contribution in [0.2, 0.25) is 0 Å². The quantitative estimate of drug-likeness (QED) is 0.566. The van der Waals surface area contributed by atoms with Gasteiger partial charge in [0.15, 0.2) is 5.82 Å². The van der Waals surface area contributed by atoms with Crippen LogP contribution in [0.3, 0.4) is 0 Å². The van der Waals surface area contributed by atoms with Crippen molar-refractivity contribution >= 4 is 11.7 Å². The number of amidine groups is 1. The van der Waals surface area contributed by atoms with Crippen LogP contribution in [0.15, 0.2) is 12.3 Å². The third-order valence-electron chi connectivity index (χ3n) is 1.99. The first kappa shape index (κ1) is 11.4. The second kappa shape index (κ2) is 4.72. The maximum Gasteiger partial charge on any atom is 0.162 e. The van der Waals surface area contributed by atoms with Gasteiger partial charge in [-0.15, -0.1) is 5.10 Å². The van der Waals surface area contributed by atoms with E-state index in [1.807, 2.05) is 11.9 Å². The van der Waals surface area contributed by atoms with Crippen molar-refractivity contribution in [1.82, 2.24) is 10.2 Å². The summed E-state index contributed by atoms with van der Waals surface area (Å²) in [7, 11) is 1.93. The summed E-state index contributed by atoms with van der Waals surface area (Å²) in [6.07, 6.45) is 1.55. The van der Waals surface area contributed by atoms with Crippen LogP contribution < -0.4 is 10.6 Å². The Bertz CT molecular complexity index is 347. The first-order valence-electron chi connectivity index (χ1n) is 4.89. The lowest BCUT2D eigenvalue weighted by Gasteiger charge is -2.21. The fourth-order valence-electron chi connectivity index (χ4n) is 1.45. The SMILES string of the molecule is CC(C)CN(C)c1nnccc1C(=N)N. The average molecular weight is 207 g/mol. The van der Waals surface area contributed by atoms with Gasteiger partial charge in [-0.2, -0.15) is 5.10 Å². The molecule has 0 fully saturated rings. The molecule has 0 saturated heterocycles. The van der Waals surface area contributed by atoms with Gasteiger partial charge in [-0.05, 0) is 12.0 Å². The smallest absolute Gasteiger partial charge is 0.162 e. The summed E-state index contributed by atoms with van der Waals surface area (Å²) in [5.74, 6) is 1.21. The molecule has 0 bridgehead atoms. The monoisotopic (exact) mass is 207 g/mol. The highest BCUT2D eigenvalue weighted by Gasteiger charge is 2.12. The molecule has 3 N–H and O–H groups in total. The minimum Gasteiger partial charge on any atom is -0.384 e. The number of nitrogens with zero attached hydrogens (tertiary/aromatic N) is 3. The van der Waals surface area contributed by atoms with E-state index in [2.05, 4.69) is 24.0 Å². The molecular weight excluding hydrogens is 190 g/mol. The molecule has 15 heavy (non-hydrogen) atoms. The summed E-state index contributed by atoms with van der Waals surface area (Å²) in [5, 5.41) is 15.3. The van der Waals surface area contributed by atoms with Crippen molar-refractivity contribution in [2.45, 2.75) is 13.8 Å². The predicted octanol–water partition coefficient (Wildman–Crippen LogP) is 0.853. The van der Waals surface area contributed by atoms with Crippen molar-refractivity contribution in [2.24, 2.45) is 11.7 Å². The van der Waals surface area contributed by atoms with Crippen molar-refractivity contribution in [3.63, 3.8) is 0 Å². The molecule has 0 radical (unpaired) electrons. The number of aromatic nitrogens is 2. The third kappa shape index (κ3) is 2.90. The number of nitrogen functional groups attached to an aromatic ring is 1. The van der Waals surface area contributed by atoms with Crippen LogP contribution in [0, 0.1) is 11.3 Å². The van der Waals surface area contributed by atoms with E-state index in [-0.39, 0.29) is 5.84 Å². The van der Waals surface area contributed by atoms with Crippen LogP contribution in [0.25, 0.3) is 0 Å². The van der Waals surface area contributed by atoms with E-state index < -0.39 is 0 Å². The lowest BCUT2D eigenvalue weighted by atomic mass is 10.2. The largest absolute Gasteiger partial charge is 0.384 e. The Hall–Kier alpha value is -1.65. The van der Waals surface area contributed by atoms with Crippen LogP contribution >= 0.6 is 0 Å². The summed E-state index contributed by atoms with van der Waals surface area (Å²) in [6, 6.07) is 1.71. The number of anilines is 1. The van der Waals surface area contributed by atoms with E-state index in [0.717, 1.165) is 6.54 Å². The van der Waals surface area contributed by atoms with E-state index in [9.17, 15) is 0 Å². The Balaban J connectivity index is 2.97. The molecule has 0 saturated carbocycles. The van der Waals surface area contributed by atoms with Gasteiger partial charge in [0.05, 0.1) is 11.8 Å². The Morgan fingerprint density at radius 3 is 2.80 bits per heavy atom. The van der Waals surface area contributed by atoms with E-state index in [1.165, 1.54) is 0 Å². The van der Waals surface area contributed by atoms with Gasteiger partial charge in [-0.3, -0.25) is 5.41 Å². The molecule has 0 unspecified atom stereocenters. The molecule has 0 amide bonds. The van der Waals surface area contributed by atoms with Crippen molar-refractivity contribution in [3.05, 3.63) is 17.8 Å². The van der Waals surface area contributed by atoms with Gasteiger partial charge in [0.25, 0.3) is 0 Å². The lowest BCUT2D eigenvalue weighted by molar-refractivity contribution is 0.632. The van der Waals surface area contributed by atoms with Gasteiger partial charge in [-0.1, -0.05) is 13.8 Å². The second-order valence-electron chi connectivity index (χ2n) is 3.96. The van der Waals surface area contributed by atoms with Gasteiger partial charge in [0.1, 0.15) is 5.84 Å². The molecular formula is C10H17N5. The second-order valence-corrected chi connectivity index (χ2v) is 3.96. The predicted molar refractivity (Wildman–Crippen MR) is 61.2 cm³/mol. The highest BCUT2D eigenvalue weighted by atomic mass is 15.2. The molecule has 0 aliphatic rings. The molecule has 0 aliphatic carbocycles. The summed E-state index contributed by atoms with van der Waals surface area (Å²) >= 11 is 0. The highest BCUT2D eigenvalue weighted by molar-refractivity contribution is 5.99. The normalized spacial score (nSPS) is 10.4. The van der Waals surface area contributed by atoms with E-state index in [1.54, 1.807) is 12.3 Å². The molecule has 1 heterocycles.